The second-order valence-electron chi connectivity index (χ2n) is 4.81. The zero-order valence-electron chi connectivity index (χ0n) is 10.2. The molecule has 1 atom stereocenters. The summed E-state index contributed by atoms with van der Waals surface area (Å²) in [7, 11) is 2.24. The van der Waals surface area contributed by atoms with Crippen LogP contribution in [0.5, 0.6) is 0 Å². The minimum atomic E-state index is 0.674. The second-order valence-corrected chi connectivity index (χ2v) is 4.81. The molecular formula is C12H26N2O. The van der Waals surface area contributed by atoms with Gasteiger partial charge in [0.25, 0.3) is 0 Å². The van der Waals surface area contributed by atoms with Gasteiger partial charge in [0.1, 0.15) is 0 Å². The van der Waals surface area contributed by atoms with Crippen LogP contribution in [0.3, 0.4) is 0 Å². The Kier molecular flexibility index (Phi) is 6.22. The summed E-state index contributed by atoms with van der Waals surface area (Å²) in [5, 5.41) is 0. The van der Waals surface area contributed by atoms with Crippen molar-refractivity contribution >= 4 is 0 Å². The Labute approximate surface area is 94.0 Å². The summed E-state index contributed by atoms with van der Waals surface area (Å²) in [4.78, 5) is 2.49. The molecule has 1 unspecified atom stereocenters. The molecular weight excluding hydrogens is 188 g/mol. The van der Waals surface area contributed by atoms with Gasteiger partial charge in [-0.25, -0.2) is 0 Å². The van der Waals surface area contributed by atoms with Gasteiger partial charge in [0.05, 0.1) is 0 Å². The third kappa shape index (κ3) is 4.96. The Morgan fingerprint density at radius 1 is 1.40 bits per heavy atom. The van der Waals surface area contributed by atoms with Crippen LogP contribution in [0.1, 0.15) is 32.6 Å². The molecule has 0 saturated carbocycles. The fourth-order valence-corrected chi connectivity index (χ4v) is 2.12. The van der Waals surface area contributed by atoms with Crippen LogP contribution in [0.15, 0.2) is 0 Å². The number of nitrogens with two attached hydrogens (primary N) is 1. The molecule has 0 aromatic heterocycles. The van der Waals surface area contributed by atoms with Crippen molar-refractivity contribution in [1.29, 1.82) is 0 Å². The smallest absolute Gasteiger partial charge is 0.0480 e. The summed E-state index contributed by atoms with van der Waals surface area (Å²) in [5.41, 5.74) is 5.60. The van der Waals surface area contributed by atoms with E-state index in [1.165, 1.54) is 32.2 Å². The molecule has 15 heavy (non-hydrogen) atoms. The number of hydrogen-bond acceptors (Lipinski definition) is 3. The molecule has 1 saturated heterocycles. The third-order valence-corrected chi connectivity index (χ3v) is 3.42. The highest BCUT2D eigenvalue weighted by atomic mass is 16.5. The zero-order chi connectivity index (χ0) is 11.1. The van der Waals surface area contributed by atoms with Crippen LogP contribution in [0, 0.1) is 5.92 Å². The molecule has 0 aromatic carbocycles. The molecule has 0 aromatic rings. The van der Waals surface area contributed by atoms with E-state index in [1.807, 2.05) is 0 Å². The molecule has 1 fully saturated rings. The van der Waals surface area contributed by atoms with Crippen molar-refractivity contribution in [3.63, 3.8) is 0 Å². The van der Waals surface area contributed by atoms with E-state index in [9.17, 15) is 0 Å². The molecule has 2 N–H and O–H groups in total. The summed E-state index contributed by atoms with van der Waals surface area (Å²) in [6.45, 7) is 6.13. The van der Waals surface area contributed by atoms with Crippen LogP contribution in [0.2, 0.25) is 0 Å². The summed E-state index contributed by atoms with van der Waals surface area (Å²) in [6.07, 6.45) is 4.92. The standard InChI is InChI=1S/C12H26N2O/c1-11(10-13)4-3-7-14(2)12-5-8-15-9-6-12/h11-12H,3-10,13H2,1-2H3. The van der Waals surface area contributed by atoms with E-state index >= 15 is 0 Å². The maximum Gasteiger partial charge on any atom is 0.0480 e. The van der Waals surface area contributed by atoms with Crippen molar-refractivity contribution in [3.05, 3.63) is 0 Å². The lowest BCUT2D eigenvalue weighted by Gasteiger charge is -2.31. The SMILES string of the molecule is CC(CN)CCCN(C)C1CCOCC1. The van der Waals surface area contributed by atoms with Crippen molar-refractivity contribution in [1.82, 2.24) is 4.90 Å². The molecule has 0 aliphatic carbocycles. The molecule has 1 aliphatic rings. The highest BCUT2D eigenvalue weighted by molar-refractivity contribution is 4.72. The first-order valence-corrected chi connectivity index (χ1v) is 6.22. The van der Waals surface area contributed by atoms with Gasteiger partial charge in [-0.2, -0.15) is 0 Å². The van der Waals surface area contributed by atoms with Crippen molar-refractivity contribution in [3.8, 4) is 0 Å². The van der Waals surface area contributed by atoms with E-state index in [0.717, 1.165) is 25.8 Å². The average Bonchev–Trinajstić information content (AvgIpc) is 2.29. The first kappa shape index (κ1) is 12.9. The molecule has 3 nitrogen and oxygen atoms in total. The van der Waals surface area contributed by atoms with E-state index in [4.69, 9.17) is 10.5 Å². The van der Waals surface area contributed by atoms with E-state index in [1.54, 1.807) is 0 Å². The van der Waals surface area contributed by atoms with E-state index in [2.05, 4.69) is 18.9 Å². The van der Waals surface area contributed by atoms with Gasteiger partial charge in [-0.3, -0.25) is 0 Å². The topological polar surface area (TPSA) is 38.5 Å². The molecule has 0 spiro atoms. The highest BCUT2D eigenvalue weighted by Crippen LogP contribution is 2.14. The summed E-state index contributed by atoms with van der Waals surface area (Å²) in [6, 6.07) is 0.743. The average molecular weight is 214 g/mol. The summed E-state index contributed by atoms with van der Waals surface area (Å²) >= 11 is 0. The van der Waals surface area contributed by atoms with Gasteiger partial charge < -0.3 is 15.4 Å². The van der Waals surface area contributed by atoms with Crippen LogP contribution in [-0.2, 0) is 4.74 Å². The molecule has 1 aliphatic heterocycles. The van der Waals surface area contributed by atoms with Crippen LogP contribution >= 0.6 is 0 Å². The second kappa shape index (κ2) is 7.20. The lowest BCUT2D eigenvalue weighted by Crippen LogP contribution is -2.37. The zero-order valence-corrected chi connectivity index (χ0v) is 10.2. The number of ether oxygens (including phenoxy) is 1. The van der Waals surface area contributed by atoms with Crippen LogP contribution < -0.4 is 5.73 Å². The molecule has 0 amide bonds. The normalized spacial score (nSPS) is 20.8. The largest absolute Gasteiger partial charge is 0.381 e. The van der Waals surface area contributed by atoms with Crippen molar-refractivity contribution < 1.29 is 4.74 Å². The summed E-state index contributed by atoms with van der Waals surface area (Å²) in [5.74, 6) is 0.674. The van der Waals surface area contributed by atoms with Crippen molar-refractivity contribution in [2.45, 2.75) is 38.6 Å². The fourth-order valence-electron chi connectivity index (χ4n) is 2.12. The van der Waals surface area contributed by atoms with Gasteiger partial charge in [-0.1, -0.05) is 6.92 Å². The first-order chi connectivity index (χ1) is 7.24. The maximum atomic E-state index is 5.60. The van der Waals surface area contributed by atoms with Crippen LogP contribution in [0.4, 0.5) is 0 Å². The third-order valence-electron chi connectivity index (χ3n) is 3.42. The van der Waals surface area contributed by atoms with Gasteiger partial charge in [-0.05, 0) is 51.7 Å². The maximum absolute atomic E-state index is 5.60. The predicted octanol–water partition coefficient (Wildman–Crippen LogP) is 1.47. The first-order valence-electron chi connectivity index (χ1n) is 6.22. The highest BCUT2D eigenvalue weighted by Gasteiger charge is 2.17. The Hall–Kier alpha value is -0.120. The van der Waals surface area contributed by atoms with Crippen molar-refractivity contribution in [2.75, 3.05) is 33.4 Å². The van der Waals surface area contributed by atoms with Crippen molar-refractivity contribution in [2.24, 2.45) is 11.7 Å². The number of hydrogen-bond donors (Lipinski definition) is 1. The molecule has 0 bridgehead atoms. The Balaban J connectivity index is 2.09. The van der Waals surface area contributed by atoms with Gasteiger partial charge >= 0.3 is 0 Å². The monoisotopic (exact) mass is 214 g/mol. The predicted molar refractivity (Wildman–Crippen MR) is 63.9 cm³/mol. The van der Waals surface area contributed by atoms with E-state index in [0.29, 0.717) is 5.92 Å². The Bertz CT molecular complexity index is 158. The molecule has 1 heterocycles. The van der Waals surface area contributed by atoms with Gasteiger partial charge in [0, 0.05) is 19.3 Å². The molecule has 1 rings (SSSR count). The van der Waals surface area contributed by atoms with E-state index < -0.39 is 0 Å². The minimum Gasteiger partial charge on any atom is -0.381 e. The Morgan fingerprint density at radius 2 is 2.07 bits per heavy atom. The molecule has 90 valence electrons. The molecule has 0 radical (unpaired) electrons. The number of nitrogens with zero attached hydrogens (tertiary/aromatic N) is 1. The summed E-state index contributed by atoms with van der Waals surface area (Å²) < 4.78 is 5.37. The van der Waals surface area contributed by atoms with Gasteiger partial charge in [0.2, 0.25) is 0 Å². The number of rotatable bonds is 6. The Morgan fingerprint density at radius 3 is 2.67 bits per heavy atom. The van der Waals surface area contributed by atoms with Gasteiger partial charge in [0.15, 0.2) is 0 Å². The lowest BCUT2D eigenvalue weighted by molar-refractivity contribution is 0.0423. The fraction of sp³-hybridized carbons (Fsp3) is 1.00. The minimum absolute atomic E-state index is 0.674. The van der Waals surface area contributed by atoms with Gasteiger partial charge in [-0.15, -0.1) is 0 Å². The van der Waals surface area contributed by atoms with E-state index in [-0.39, 0.29) is 0 Å². The quantitative estimate of drug-likeness (QED) is 0.728. The van der Waals surface area contributed by atoms with Crippen LogP contribution in [-0.4, -0.2) is 44.3 Å². The van der Waals surface area contributed by atoms with Crippen LogP contribution in [0.25, 0.3) is 0 Å². The lowest BCUT2D eigenvalue weighted by atomic mass is 10.0. The molecule has 3 heteroatoms.